The summed E-state index contributed by atoms with van der Waals surface area (Å²) in [6.45, 7) is 3.27. The van der Waals surface area contributed by atoms with Gasteiger partial charge >= 0.3 is 6.18 Å². The number of hydrogen-bond donors (Lipinski definition) is 0. The molecule has 0 aliphatic heterocycles. The molecule has 23 heavy (non-hydrogen) atoms. The van der Waals surface area contributed by atoms with Crippen molar-refractivity contribution < 1.29 is 18.0 Å². The largest absolute Gasteiger partial charge is 0.418 e. The lowest BCUT2D eigenvalue weighted by atomic mass is 9.98. The van der Waals surface area contributed by atoms with Gasteiger partial charge in [-0.1, -0.05) is 0 Å². The van der Waals surface area contributed by atoms with E-state index >= 15 is 0 Å². The zero-order chi connectivity index (χ0) is 17.4. The van der Waals surface area contributed by atoms with Crippen LogP contribution >= 0.6 is 0 Å². The first kappa shape index (κ1) is 17.0. The third-order valence-corrected chi connectivity index (χ3v) is 3.54. The standard InChI is InChI=1S/C17H17F3N2O/c1-10-8-16(23)11(2)7-15(10)21-14-6-5-12(22(3)4)9-13(14)17(18,19)20/h5-9H,1-4H3. The monoisotopic (exact) mass is 322 g/mol. The number of anilines is 1. The Morgan fingerprint density at radius 2 is 1.70 bits per heavy atom. The molecule has 6 heteroatoms. The molecule has 0 unspecified atom stereocenters. The van der Waals surface area contributed by atoms with Crippen molar-refractivity contribution in [3.63, 3.8) is 0 Å². The van der Waals surface area contributed by atoms with Gasteiger partial charge in [0, 0.05) is 19.8 Å². The van der Waals surface area contributed by atoms with Crippen molar-refractivity contribution >= 4 is 22.9 Å². The van der Waals surface area contributed by atoms with Crippen LogP contribution in [-0.4, -0.2) is 25.6 Å². The van der Waals surface area contributed by atoms with Gasteiger partial charge in [0.15, 0.2) is 5.78 Å². The predicted molar refractivity (Wildman–Crippen MR) is 85.4 cm³/mol. The van der Waals surface area contributed by atoms with Crippen LogP contribution in [-0.2, 0) is 11.0 Å². The number of alkyl halides is 3. The Morgan fingerprint density at radius 1 is 1.04 bits per heavy atom. The average Bonchev–Trinajstić information content (AvgIpc) is 2.43. The molecular weight excluding hydrogens is 305 g/mol. The minimum atomic E-state index is -4.51. The molecule has 0 N–H and O–H groups in total. The number of rotatable bonds is 2. The molecule has 0 saturated heterocycles. The first-order valence-corrected chi connectivity index (χ1v) is 6.98. The predicted octanol–water partition coefficient (Wildman–Crippen LogP) is 4.32. The van der Waals surface area contributed by atoms with E-state index in [2.05, 4.69) is 4.99 Å². The molecule has 0 amide bonds. The Bertz CT molecular complexity index is 741. The highest BCUT2D eigenvalue weighted by atomic mass is 19.4. The first-order valence-electron chi connectivity index (χ1n) is 6.98. The molecule has 0 radical (unpaired) electrons. The normalized spacial score (nSPS) is 17.2. The number of benzene rings is 1. The summed E-state index contributed by atoms with van der Waals surface area (Å²) < 4.78 is 39.9. The van der Waals surface area contributed by atoms with E-state index in [-0.39, 0.29) is 11.5 Å². The molecule has 0 bridgehead atoms. The molecule has 1 aliphatic rings. The number of hydrogen-bond acceptors (Lipinski definition) is 3. The first-order chi connectivity index (χ1) is 10.6. The number of carbonyl (C=O) groups is 1. The second kappa shape index (κ2) is 6.02. The molecule has 0 atom stereocenters. The summed E-state index contributed by atoms with van der Waals surface area (Å²) in [6, 6.07) is 4.00. The Labute approximate surface area is 132 Å². The van der Waals surface area contributed by atoms with Gasteiger partial charge in [-0.05, 0) is 55.3 Å². The van der Waals surface area contributed by atoms with Gasteiger partial charge < -0.3 is 4.90 Å². The maximum absolute atomic E-state index is 13.3. The van der Waals surface area contributed by atoms with Crippen molar-refractivity contribution in [2.75, 3.05) is 19.0 Å². The molecule has 122 valence electrons. The molecule has 2 rings (SSSR count). The third-order valence-electron chi connectivity index (χ3n) is 3.54. The van der Waals surface area contributed by atoms with Gasteiger partial charge in [0.1, 0.15) is 0 Å². The topological polar surface area (TPSA) is 32.7 Å². The van der Waals surface area contributed by atoms with Gasteiger partial charge in [-0.25, -0.2) is 4.99 Å². The second-order valence-electron chi connectivity index (χ2n) is 5.61. The summed E-state index contributed by atoms with van der Waals surface area (Å²) in [4.78, 5) is 17.3. The Balaban J connectivity index is 2.58. The lowest BCUT2D eigenvalue weighted by Gasteiger charge is -2.17. The van der Waals surface area contributed by atoms with E-state index in [1.165, 1.54) is 18.2 Å². The van der Waals surface area contributed by atoms with Gasteiger partial charge in [0.2, 0.25) is 0 Å². The van der Waals surface area contributed by atoms with Crippen molar-refractivity contribution in [2.24, 2.45) is 4.99 Å². The Morgan fingerprint density at radius 3 is 2.26 bits per heavy atom. The Kier molecular flexibility index (Phi) is 4.45. The fraction of sp³-hybridized carbons (Fsp3) is 0.294. The van der Waals surface area contributed by atoms with Crippen LogP contribution in [0.25, 0.3) is 0 Å². The zero-order valence-corrected chi connectivity index (χ0v) is 13.3. The van der Waals surface area contributed by atoms with E-state index in [1.54, 1.807) is 38.9 Å². The molecule has 1 aromatic carbocycles. The van der Waals surface area contributed by atoms with E-state index in [0.717, 1.165) is 6.07 Å². The van der Waals surface area contributed by atoms with Crippen LogP contribution < -0.4 is 4.90 Å². The molecule has 1 aromatic rings. The molecule has 0 saturated carbocycles. The SMILES string of the molecule is CC1=CC(=Nc2ccc(N(C)C)cc2C(F)(F)F)C(C)=CC1=O. The van der Waals surface area contributed by atoms with Crippen LogP contribution in [0.1, 0.15) is 19.4 Å². The van der Waals surface area contributed by atoms with E-state index in [1.807, 2.05) is 0 Å². The van der Waals surface area contributed by atoms with Crippen LogP contribution in [0.5, 0.6) is 0 Å². The van der Waals surface area contributed by atoms with Crippen molar-refractivity contribution in [3.8, 4) is 0 Å². The molecule has 3 nitrogen and oxygen atoms in total. The molecule has 0 fully saturated rings. The van der Waals surface area contributed by atoms with Crippen LogP contribution in [0.15, 0.2) is 46.5 Å². The number of allylic oxidation sites excluding steroid dienone is 4. The molecule has 0 spiro atoms. The van der Waals surface area contributed by atoms with Gasteiger partial charge in [0.25, 0.3) is 0 Å². The fourth-order valence-corrected chi connectivity index (χ4v) is 2.15. The summed E-state index contributed by atoms with van der Waals surface area (Å²) >= 11 is 0. The minimum Gasteiger partial charge on any atom is -0.378 e. The highest BCUT2D eigenvalue weighted by Gasteiger charge is 2.34. The highest BCUT2D eigenvalue weighted by molar-refractivity contribution is 6.22. The summed E-state index contributed by atoms with van der Waals surface area (Å²) in [5.74, 6) is -0.152. The van der Waals surface area contributed by atoms with Crippen molar-refractivity contribution in [2.45, 2.75) is 20.0 Å². The summed E-state index contributed by atoms with van der Waals surface area (Å²) in [5, 5.41) is 0. The molecule has 0 heterocycles. The van der Waals surface area contributed by atoms with Crippen molar-refractivity contribution in [3.05, 3.63) is 47.1 Å². The van der Waals surface area contributed by atoms with Gasteiger partial charge in [-0.2, -0.15) is 13.2 Å². The summed E-state index contributed by atoms with van der Waals surface area (Å²) in [5.41, 5.74) is 0.846. The number of ketones is 1. The van der Waals surface area contributed by atoms with Crippen LogP contribution in [0, 0.1) is 0 Å². The maximum atomic E-state index is 13.3. The minimum absolute atomic E-state index is 0.152. The van der Waals surface area contributed by atoms with Gasteiger partial charge in [-0.15, -0.1) is 0 Å². The van der Waals surface area contributed by atoms with Crippen LogP contribution in [0.4, 0.5) is 24.5 Å². The molecule has 0 aromatic heterocycles. The lowest BCUT2D eigenvalue weighted by molar-refractivity contribution is -0.137. The van der Waals surface area contributed by atoms with E-state index in [0.29, 0.717) is 22.5 Å². The quantitative estimate of drug-likeness (QED) is 0.760. The van der Waals surface area contributed by atoms with E-state index in [4.69, 9.17) is 0 Å². The van der Waals surface area contributed by atoms with Crippen molar-refractivity contribution in [1.82, 2.24) is 0 Å². The second-order valence-corrected chi connectivity index (χ2v) is 5.61. The molecule has 1 aliphatic carbocycles. The third kappa shape index (κ3) is 3.70. The number of carbonyl (C=O) groups excluding carboxylic acids is 1. The number of nitrogens with zero attached hydrogens (tertiary/aromatic N) is 2. The summed E-state index contributed by atoms with van der Waals surface area (Å²) in [7, 11) is 3.35. The van der Waals surface area contributed by atoms with Gasteiger partial charge in [0.05, 0.1) is 17.0 Å². The lowest BCUT2D eigenvalue weighted by Crippen LogP contribution is -2.13. The smallest absolute Gasteiger partial charge is 0.378 e. The Hall–Kier alpha value is -2.37. The van der Waals surface area contributed by atoms with Crippen LogP contribution in [0.2, 0.25) is 0 Å². The van der Waals surface area contributed by atoms with Crippen molar-refractivity contribution in [1.29, 1.82) is 0 Å². The zero-order valence-electron chi connectivity index (χ0n) is 13.3. The van der Waals surface area contributed by atoms with Crippen LogP contribution in [0.3, 0.4) is 0 Å². The average molecular weight is 322 g/mol. The van der Waals surface area contributed by atoms with Gasteiger partial charge in [-0.3, -0.25) is 4.79 Å². The van der Waals surface area contributed by atoms with E-state index in [9.17, 15) is 18.0 Å². The number of halogens is 3. The maximum Gasteiger partial charge on any atom is 0.418 e. The highest BCUT2D eigenvalue weighted by Crippen LogP contribution is 2.39. The molecular formula is C17H17F3N2O. The van der Waals surface area contributed by atoms with E-state index < -0.39 is 11.7 Å². The summed E-state index contributed by atoms with van der Waals surface area (Å²) in [6.07, 6.45) is -1.61. The number of aliphatic imine (C=N–C) groups is 1. The fourth-order valence-electron chi connectivity index (χ4n) is 2.15.